The van der Waals surface area contributed by atoms with Gasteiger partial charge in [-0.1, -0.05) is 12.1 Å². The molecular formula is C17H18F3N3O. The van der Waals surface area contributed by atoms with Gasteiger partial charge < -0.3 is 4.90 Å². The maximum absolute atomic E-state index is 12.6. The molecule has 1 amide bonds. The molecule has 2 aromatic rings. The SMILES string of the molecule is CN(Cc1cnn(C)c1)C(=O)C1CC1c1ccc(C(F)(F)F)cc1. The van der Waals surface area contributed by atoms with E-state index >= 15 is 0 Å². The molecule has 0 saturated heterocycles. The quantitative estimate of drug-likeness (QED) is 0.859. The summed E-state index contributed by atoms with van der Waals surface area (Å²) in [6.45, 7) is 0.475. The number of hydrogen-bond donors (Lipinski definition) is 0. The number of rotatable bonds is 4. The summed E-state index contributed by atoms with van der Waals surface area (Å²) in [4.78, 5) is 14.1. The fourth-order valence-electron chi connectivity index (χ4n) is 2.94. The Hall–Kier alpha value is -2.31. The van der Waals surface area contributed by atoms with Crippen molar-refractivity contribution in [2.75, 3.05) is 7.05 Å². The van der Waals surface area contributed by atoms with E-state index in [-0.39, 0.29) is 17.7 Å². The van der Waals surface area contributed by atoms with Crippen LogP contribution in [0.15, 0.2) is 36.7 Å². The molecule has 1 heterocycles. The largest absolute Gasteiger partial charge is 0.416 e. The highest BCUT2D eigenvalue weighted by molar-refractivity contribution is 5.82. The normalized spacial score (nSPS) is 20.0. The van der Waals surface area contributed by atoms with Crippen molar-refractivity contribution < 1.29 is 18.0 Å². The summed E-state index contributed by atoms with van der Waals surface area (Å²) in [7, 11) is 3.55. The zero-order valence-electron chi connectivity index (χ0n) is 13.4. The first-order valence-corrected chi connectivity index (χ1v) is 7.65. The number of nitrogens with zero attached hydrogens (tertiary/aromatic N) is 3. The summed E-state index contributed by atoms with van der Waals surface area (Å²) >= 11 is 0. The maximum atomic E-state index is 12.6. The molecule has 2 atom stereocenters. The highest BCUT2D eigenvalue weighted by Gasteiger charge is 2.45. The summed E-state index contributed by atoms with van der Waals surface area (Å²) < 4.78 is 39.4. The first kappa shape index (κ1) is 16.5. The van der Waals surface area contributed by atoms with Gasteiger partial charge in [-0.2, -0.15) is 18.3 Å². The third-order valence-corrected chi connectivity index (χ3v) is 4.33. The van der Waals surface area contributed by atoms with E-state index in [1.54, 1.807) is 22.8 Å². The number of halogens is 3. The van der Waals surface area contributed by atoms with Crippen molar-refractivity contribution in [2.24, 2.45) is 13.0 Å². The van der Waals surface area contributed by atoms with Crippen molar-refractivity contribution in [3.63, 3.8) is 0 Å². The number of benzene rings is 1. The van der Waals surface area contributed by atoms with Gasteiger partial charge in [0.25, 0.3) is 0 Å². The fourth-order valence-corrected chi connectivity index (χ4v) is 2.94. The molecule has 1 fully saturated rings. The Morgan fingerprint density at radius 3 is 2.54 bits per heavy atom. The van der Waals surface area contributed by atoms with E-state index in [4.69, 9.17) is 0 Å². The van der Waals surface area contributed by atoms with E-state index in [1.807, 2.05) is 13.2 Å². The standard InChI is InChI=1S/C17H18F3N3O/c1-22(9-11-8-21-23(2)10-11)16(24)15-7-14(15)12-3-5-13(6-4-12)17(18,19)20/h3-6,8,10,14-15H,7,9H2,1-2H3. The van der Waals surface area contributed by atoms with Crippen LogP contribution in [0.3, 0.4) is 0 Å². The molecule has 0 bridgehead atoms. The van der Waals surface area contributed by atoms with Crippen molar-refractivity contribution in [1.29, 1.82) is 0 Å². The van der Waals surface area contributed by atoms with Gasteiger partial charge in [-0.25, -0.2) is 0 Å². The molecule has 1 aromatic heterocycles. The molecule has 0 radical (unpaired) electrons. The van der Waals surface area contributed by atoms with Gasteiger partial charge in [-0.15, -0.1) is 0 Å². The topological polar surface area (TPSA) is 38.1 Å². The van der Waals surface area contributed by atoms with Gasteiger partial charge in [-0.3, -0.25) is 9.48 Å². The smallest absolute Gasteiger partial charge is 0.341 e. The van der Waals surface area contributed by atoms with Gasteiger partial charge in [-0.05, 0) is 30.0 Å². The molecular weight excluding hydrogens is 319 g/mol. The Morgan fingerprint density at radius 1 is 1.33 bits per heavy atom. The molecule has 24 heavy (non-hydrogen) atoms. The number of carbonyl (C=O) groups is 1. The Balaban J connectivity index is 1.61. The molecule has 4 nitrogen and oxygen atoms in total. The molecule has 1 saturated carbocycles. The van der Waals surface area contributed by atoms with Crippen LogP contribution in [0.4, 0.5) is 13.2 Å². The maximum Gasteiger partial charge on any atom is 0.416 e. The van der Waals surface area contributed by atoms with Gasteiger partial charge >= 0.3 is 6.18 Å². The van der Waals surface area contributed by atoms with Gasteiger partial charge in [0.05, 0.1) is 11.8 Å². The lowest BCUT2D eigenvalue weighted by Crippen LogP contribution is -2.27. The summed E-state index contributed by atoms with van der Waals surface area (Å²) in [5.74, 6) is -0.122. The lowest BCUT2D eigenvalue weighted by Gasteiger charge is -2.16. The molecule has 0 aliphatic heterocycles. The van der Waals surface area contributed by atoms with E-state index in [1.165, 1.54) is 12.1 Å². The third-order valence-electron chi connectivity index (χ3n) is 4.33. The number of amides is 1. The monoisotopic (exact) mass is 337 g/mol. The average Bonchev–Trinajstić information content (AvgIpc) is 3.22. The molecule has 1 aliphatic carbocycles. The van der Waals surface area contributed by atoms with Crippen molar-refractivity contribution >= 4 is 5.91 Å². The van der Waals surface area contributed by atoms with E-state index in [0.717, 1.165) is 23.3 Å². The Kier molecular flexibility index (Phi) is 4.11. The molecule has 2 unspecified atom stereocenters. The number of carbonyl (C=O) groups excluding carboxylic acids is 1. The van der Waals surface area contributed by atoms with Gasteiger partial charge in [0.2, 0.25) is 5.91 Å². The second-order valence-corrected chi connectivity index (χ2v) is 6.29. The van der Waals surface area contributed by atoms with Crippen LogP contribution in [0.2, 0.25) is 0 Å². The number of aromatic nitrogens is 2. The lowest BCUT2D eigenvalue weighted by atomic mass is 10.1. The van der Waals surface area contributed by atoms with E-state index < -0.39 is 11.7 Å². The molecule has 3 rings (SSSR count). The van der Waals surface area contributed by atoms with Crippen LogP contribution in [0.25, 0.3) is 0 Å². The van der Waals surface area contributed by atoms with Crippen molar-refractivity contribution in [2.45, 2.75) is 25.1 Å². The minimum absolute atomic E-state index is 0.0103. The Morgan fingerprint density at radius 2 is 2.00 bits per heavy atom. The van der Waals surface area contributed by atoms with Crippen molar-refractivity contribution in [3.8, 4) is 0 Å². The molecule has 0 spiro atoms. The van der Waals surface area contributed by atoms with Crippen LogP contribution >= 0.6 is 0 Å². The summed E-state index contributed by atoms with van der Waals surface area (Å²) in [6, 6.07) is 5.10. The van der Waals surface area contributed by atoms with Gasteiger partial charge in [0, 0.05) is 38.3 Å². The second-order valence-electron chi connectivity index (χ2n) is 6.29. The molecule has 128 valence electrons. The minimum atomic E-state index is -4.33. The predicted molar refractivity (Wildman–Crippen MR) is 82.0 cm³/mol. The van der Waals surface area contributed by atoms with E-state index in [9.17, 15) is 18.0 Å². The van der Waals surface area contributed by atoms with Crippen LogP contribution < -0.4 is 0 Å². The van der Waals surface area contributed by atoms with E-state index in [2.05, 4.69) is 5.10 Å². The third kappa shape index (κ3) is 3.44. The highest BCUT2D eigenvalue weighted by atomic mass is 19.4. The average molecular weight is 337 g/mol. The zero-order valence-corrected chi connectivity index (χ0v) is 13.4. The van der Waals surface area contributed by atoms with Gasteiger partial charge in [0.1, 0.15) is 0 Å². The van der Waals surface area contributed by atoms with Crippen molar-refractivity contribution in [3.05, 3.63) is 53.3 Å². The first-order chi connectivity index (χ1) is 11.3. The van der Waals surface area contributed by atoms with Crippen LogP contribution in [-0.2, 0) is 24.6 Å². The Bertz CT molecular complexity index is 736. The minimum Gasteiger partial charge on any atom is -0.341 e. The van der Waals surface area contributed by atoms with Gasteiger partial charge in [0.15, 0.2) is 0 Å². The number of hydrogen-bond acceptors (Lipinski definition) is 2. The summed E-state index contributed by atoms with van der Waals surface area (Å²) in [6.07, 6.45) is -0.0864. The number of aryl methyl sites for hydroxylation is 1. The molecule has 1 aromatic carbocycles. The fraction of sp³-hybridized carbons (Fsp3) is 0.412. The zero-order chi connectivity index (χ0) is 17.5. The van der Waals surface area contributed by atoms with E-state index in [0.29, 0.717) is 13.0 Å². The highest BCUT2D eigenvalue weighted by Crippen LogP contribution is 2.48. The molecule has 7 heteroatoms. The lowest BCUT2D eigenvalue weighted by molar-refractivity contribution is -0.137. The second kappa shape index (κ2) is 5.96. The Labute approximate surface area is 137 Å². The molecule has 0 N–H and O–H groups in total. The van der Waals surface area contributed by atoms with Crippen LogP contribution in [-0.4, -0.2) is 27.6 Å². The van der Waals surface area contributed by atoms with Crippen LogP contribution in [0.1, 0.15) is 29.0 Å². The first-order valence-electron chi connectivity index (χ1n) is 7.65. The number of alkyl halides is 3. The van der Waals surface area contributed by atoms with Crippen molar-refractivity contribution in [1.82, 2.24) is 14.7 Å². The summed E-state index contributed by atoms with van der Waals surface area (Å²) in [5, 5.41) is 4.07. The van der Waals surface area contributed by atoms with Crippen LogP contribution in [0, 0.1) is 5.92 Å². The molecule has 1 aliphatic rings. The summed E-state index contributed by atoms with van der Waals surface area (Å²) in [5.41, 5.74) is 1.07. The predicted octanol–water partition coefficient (Wildman–Crippen LogP) is 3.20. The van der Waals surface area contributed by atoms with Crippen LogP contribution in [0.5, 0.6) is 0 Å².